The van der Waals surface area contributed by atoms with Gasteiger partial charge >= 0.3 is 0 Å². The molecule has 0 unspecified atom stereocenters. The summed E-state index contributed by atoms with van der Waals surface area (Å²) in [4.78, 5) is 12.2. The maximum absolute atomic E-state index is 13.8. The number of aromatic amines is 3. The Balaban J connectivity index is 1.53. The van der Waals surface area contributed by atoms with Gasteiger partial charge in [0.2, 0.25) is 0 Å². The monoisotopic (exact) mass is 395 g/mol. The highest BCUT2D eigenvalue weighted by Gasteiger charge is 2.15. The molecule has 6 rings (SSSR count). The molecule has 5 heterocycles. The number of halogens is 1. The highest BCUT2D eigenvalue weighted by atomic mass is 19.1. The first-order chi connectivity index (χ1) is 14.8. The predicted octanol–water partition coefficient (Wildman–Crippen LogP) is 4.70. The van der Waals surface area contributed by atoms with Gasteiger partial charge in [-0.1, -0.05) is 12.1 Å². The van der Waals surface area contributed by atoms with Crippen LogP contribution in [0.15, 0.2) is 67.4 Å². The fourth-order valence-corrected chi connectivity index (χ4v) is 3.74. The summed E-state index contributed by atoms with van der Waals surface area (Å²) in [5, 5.41) is 16.1. The number of benzene rings is 1. The number of aromatic nitrogens is 7. The molecule has 30 heavy (non-hydrogen) atoms. The van der Waals surface area contributed by atoms with E-state index in [1.807, 2.05) is 24.4 Å². The first-order valence-electron chi connectivity index (χ1n) is 9.32. The van der Waals surface area contributed by atoms with E-state index in [0.29, 0.717) is 5.65 Å². The van der Waals surface area contributed by atoms with Crippen LogP contribution in [0.5, 0.6) is 0 Å². The molecule has 0 saturated heterocycles. The van der Waals surface area contributed by atoms with Crippen molar-refractivity contribution >= 4 is 21.9 Å². The van der Waals surface area contributed by atoms with Crippen LogP contribution in [-0.4, -0.2) is 35.3 Å². The van der Waals surface area contributed by atoms with E-state index in [1.54, 1.807) is 30.9 Å². The number of hydrogen-bond donors (Lipinski definition) is 3. The summed E-state index contributed by atoms with van der Waals surface area (Å²) in [6, 6.07) is 10.6. The SMILES string of the molecule is Fc1cccc(-c2cncc3[nH]c(-c4[nH]nc5ncc(-c6cn[nH]c6)cc45)cc23)c1. The Bertz CT molecular complexity index is 1510. The molecule has 0 spiro atoms. The van der Waals surface area contributed by atoms with Crippen molar-refractivity contribution in [2.75, 3.05) is 0 Å². The average Bonchev–Trinajstić information content (AvgIpc) is 3.51. The second kappa shape index (κ2) is 6.35. The van der Waals surface area contributed by atoms with Gasteiger partial charge in [-0.3, -0.25) is 15.2 Å². The third kappa shape index (κ3) is 2.58. The summed E-state index contributed by atoms with van der Waals surface area (Å²) in [6.45, 7) is 0. The van der Waals surface area contributed by atoms with Gasteiger partial charge in [-0.2, -0.15) is 10.2 Å². The smallest absolute Gasteiger partial charge is 0.181 e. The molecule has 0 fully saturated rings. The summed E-state index contributed by atoms with van der Waals surface area (Å²) >= 11 is 0. The Labute approximate surface area is 169 Å². The molecule has 0 aliphatic heterocycles. The number of rotatable bonds is 3. The molecular weight excluding hydrogens is 381 g/mol. The number of pyridine rings is 2. The lowest BCUT2D eigenvalue weighted by atomic mass is 10.0. The lowest BCUT2D eigenvalue weighted by Gasteiger charge is -2.02. The van der Waals surface area contributed by atoms with Crippen LogP contribution in [0.2, 0.25) is 0 Å². The number of fused-ring (bicyclic) bond motifs is 2. The van der Waals surface area contributed by atoms with Crippen LogP contribution in [-0.2, 0) is 0 Å². The second-order valence-electron chi connectivity index (χ2n) is 7.02. The van der Waals surface area contributed by atoms with E-state index in [0.717, 1.165) is 49.9 Å². The van der Waals surface area contributed by atoms with Gasteiger partial charge in [-0.25, -0.2) is 9.37 Å². The topological polar surface area (TPSA) is 98.9 Å². The molecular formula is C22H14FN7. The summed E-state index contributed by atoms with van der Waals surface area (Å²) in [5.41, 5.74) is 6.68. The van der Waals surface area contributed by atoms with Gasteiger partial charge in [0.05, 0.1) is 29.3 Å². The lowest BCUT2D eigenvalue weighted by Crippen LogP contribution is -1.83. The van der Waals surface area contributed by atoms with Crippen molar-refractivity contribution < 1.29 is 4.39 Å². The van der Waals surface area contributed by atoms with Crippen molar-refractivity contribution in [1.29, 1.82) is 0 Å². The van der Waals surface area contributed by atoms with E-state index in [-0.39, 0.29) is 5.82 Å². The number of hydrogen-bond acceptors (Lipinski definition) is 4. The minimum atomic E-state index is -0.280. The quantitative estimate of drug-likeness (QED) is 0.404. The summed E-state index contributed by atoms with van der Waals surface area (Å²) in [6.07, 6.45) is 8.85. The Morgan fingerprint density at radius 2 is 1.83 bits per heavy atom. The number of nitrogens with one attached hydrogen (secondary N) is 3. The second-order valence-corrected chi connectivity index (χ2v) is 7.02. The van der Waals surface area contributed by atoms with Gasteiger partial charge in [0.25, 0.3) is 0 Å². The van der Waals surface area contributed by atoms with Gasteiger partial charge in [0.15, 0.2) is 5.65 Å². The molecule has 0 saturated carbocycles. The van der Waals surface area contributed by atoms with Gasteiger partial charge in [0, 0.05) is 46.1 Å². The minimum absolute atomic E-state index is 0.280. The van der Waals surface area contributed by atoms with E-state index >= 15 is 0 Å². The minimum Gasteiger partial charge on any atom is -0.352 e. The van der Waals surface area contributed by atoms with Crippen molar-refractivity contribution in [3.8, 4) is 33.6 Å². The Morgan fingerprint density at radius 3 is 2.70 bits per heavy atom. The van der Waals surface area contributed by atoms with Crippen LogP contribution in [0.3, 0.4) is 0 Å². The lowest BCUT2D eigenvalue weighted by molar-refractivity contribution is 0.628. The van der Waals surface area contributed by atoms with Crippen LogP contribution in [0, 0.1) is 5.82 Å². The van der Waals surface area contributed by atoms with Gasteiger partial charge < -0.3 is 4.98 Å². The highest BCUT2D eigenvalue weighted by molar-refractivity contribution is 6.00. The zero-order valence-corrected chi connectivity index (χ0v) is 15.5. The van der Waals surface area contributed by atoms with Crippen molar-refractivity contribution in [1.82, 2.24) is 35.3 Å². The predicted molar refractivity (Wildman–Crippen MR) is 112 cm³/mol. The molecule has 144 valence electrons. The summed E-state index contributed by atoms with van der Waals surface area (Å²) < 4.78 is 13.8. The molecule has 1 aromatic carbocycles. The molecule has 0 bridgehead atoms. The van der Waals surface area contributed by atoms with E-state index in [1.165, 1.54) is 12.1 Å². The van der Waals surface area contributed by atoms with E-state index < -0.39 is 0 Å². The first-order valence-corrected chi connectivity index (χ1v) is 9.32. The molecule has 3 N–H and O–H groups in total. The van der Waals surface area contributed by atoms with Crippen molar-refractivity contribution in [3.05, 3.63) is 73.2 Å². The maximum Gasteiger partial charge on any atom is 0.181 e. The molecule has 8 heteroatoms. The molecule has 0 aliphatic rings. The average molecular weight is 395 g/mol. The van der Waals surface area contributed by atoms with Crippen LogP contribution >= 0.6 is 0 Å². The van der Waals surface area contributed by atoms with Crippen LogP contribution in [0.1, 0.15) is 0 Å². The largest absolute Gasteiger partial charge is 0.352 e. The van der Waals surface area contributed by atoms with Gasteiger partial charge in [-0.05, 0) is 29.8 Å². The first kappa shape index (κ1) is 16.6. The maximum atomic E-state index is 13.8. The van der Waals surface area contributed by atoms with E-state index in [4.69, 9.17) is 0 Å². The third-order valence-corrected chi connectivity index (χ3v) is 5.19. The zero-order valence-electron chi connectivity index (χ0n) is 15.5. The molecule has 0 radical (unpaired) electrons. The van der Waals surface area contributed by atoms with Gasteiger partial charge in [0.1, 0.15) is 5.82 Å². The Morgan fingerprint density at radius 1 is 0.867 bits per heavy atom. The highest BCUT2D eigenvalue weighted by Crippen LogP contribution is 2.34. The number of nitrogens with zero attached hydrogens (tertiary/aromatic N) is 4. The summed E-state index contributed by atoms with van der Waals surface area (Å²) in [7, 11) is 0. The van der Waals surface area contributed by atoms with Crippen molar-refractivity contribution in [3.63, 3.8) is 0 Å². The molecule has 0 atom stereocenters. The third-order valence-electron chi connectivity index (χ3n) is 5.19. The Hall–Kier alpha value is -4.33. The molecule has 6 aromatic rings. The van der Waals surface area contributed by atoms with E-state index in [9.17, 15) is 4.39 Å². The fraction of sp³-hybridized carbons (Fsp3) is 0. The fourth-order valence-electron chi connectivity index (χ4n) is 3.74. The number of H-pyrrole nitrogens is 3. The standard InChI is InChI=1S/C22H14FN7/c23-15-3-1-2-12(4-15)18-10-24-11-20-16(18)6-19(28-20)21-17-5-13(14-8-26-27-9-14)7-25-22(17)30-29-21/h1-11,28H,(H,26,27)(H,25,29,30). The molecule has 0 amide bonds. The summed E-state index contributed by atoms with van der Waals surface area (Å²) in [5.74, 6) is -0.280. The molecule has 5 aromatic heterocycles. The van der Waals surface area contributed by atoms with Crippen LogP contribution in [0.4, 0.5) is 4.39 Å². The Kier molecular flexibility index (Phi) is 3.51. The molecule has 0 aliphatic carbocycles. The molecule has 7 nitrogen and oxygen atoms in total. The van der Waals surface area contributed by atoms with Crippen LogP contribution in [0.25, 0.3) is 55.6 Å². The van der Waals surface area contributed by atoms with Gasteiger partial charge in [-0.15, -0.1) is 0 Å². The zero-order chi connectivity index (χ0) is 20.1. The van der Waals surface area contributed by atoms with Crippen LogP contribution < -0.4 is 0 Å². The van der Waals surface area contributed by atoms with E-state index in [2.05, 4.69) is 35.3 Å². The van der Waals surface area contributed by atoms with Crippen molar-refractivity contribution in [2.45, 2.75) is 0 Å². The van der Waals surface area contributed by atoms with Crippen molar-refractivity contribution in [2.24, 2.45) is 0 Å². The normalized spacial score (nSPS) is 11.5.